The molecule has 0 unspecified atom stereocenters. The molecule has 0 aromatic carbocycles. The summed E-state index contributed by atoms with van der Waals surface area (Å²) in [4.78, 5) is 6.46. The van der Waals surface area contributed by atoms with E-state index in [0.717, 1.165) is 12.8 Å². The van der Waals surface area contributed by atoms with Crippen LogP contribution in [0.15, 0.2) is 17.2 Å². The Hall–Kier alpha value is -0.890. The number of rotatable bonds is 3. The van der Waals surface area contributed by atoms with E-state index in [1.54, 1.807) is 0 Å². The molecular formula is C13H18ClN3O3S. The molecule has 1 aromatic heterocycles. The minimum absolute atomic E-state index is 0.173. The number of ether oxygens (including phenoxy) is 1. The van der Waals surface area contributed by atoms with E-state index in [-0.39, 0.29) is 4.90 Å². The van der Waals surface area contributed by atoms with Crippen LogP contribution in [0.5, 0.6) is 0 Å². The number of anilines is 1. The van der Waals surface area contributed by atoms with Gasteiger partial charge in [0, 0.05) is 32.4 Å². The summed E-state index contributed by atoms with van der Waals surface area (Å²) in [7, 11) is -3.47. The van der Waals surface area contributed by atoms with Crippen LogP contribution in [0.1, 0.15) is 12.8 Å². The number of morpholine rings is 1. The third-order valence-electron chi connectivity index (χ3n) is 3.81. The third kappa shape index (κ3) is 3.01. The zero-order valence-corrected chi connectivity index (χ0v) is 13.2. The summed E-state index contributed by atoms with van der Waals surface area (Å²) in [6, 6.07) is 1.51. The van der Waals surface area contributed by atoms with E-state index >= 15 is 0 Å². The molecule has 0 aliphatic carbocycles. The maximum absolute atomic E-state index is 12.5. The van der Waals surface area contributed by atoms with Crippen molar-refractivity contribution < 1.29 is 13.2 Å². The Kier molecular flexibility index (Phi) is 4.35. The van der Waals surface area contributed by atoms with Crippen LogP contribution in [0.4, 0.5) is 5.82 Å². The monoisotopic (exact) mass is 331 g/mol. The van der Waals surface area contributed by atoms with Crippen molar-refractivity contribution in [3.63, 3.8) is 0 Å². The molecule has 2 aliphatic heterocycles. The molecule has 21 heavy (non-hydrogen) atoms. The second-order valence-corrected chi connectivity index (χ2v) is 7.53. The van der Waals surface area contributed by atoms with Gasteiger partial charge >= 0.3 is 0 Å². The lowest BCUT2D eigenvalue weighted by atomic mass is 10.3. The van der Waals surface area contributed by atoms with Gasteiger partial charge in [0.25, 0.3) is 0 Å². The van der Waals surface area contributed by atoms with Crippen molar-refractivity contribution in [2.24, 2.45) is 0 Å². The number of hydrogen-bond donors (Lipinski definition) is 0. The standard InChI is InChI=1S/C13H18ClN3O3S/c14-12-9-11(21(18,19)17-3-1-2-4-17)10-15-13(12)16-5-7-20-8-6-16/h9-10H,1-8H2. The van der Waals surface area contributed by atoms with Gasteiger partial charge in [0.2, 0.25) is 10.0 Å². The summed E-state index contributed by atoms with van der Waals surface area (Å²) in [5.41, 5.74) is 0. The van der Waals surface area contributed by atoms with Crippen molar-refractivity contribution in [2.75, 3.05) is 44.3 Å². The third-order valence-corrected chi connectivity index (χ3v) is 5.95. The number of sulfonamides is 1. The van der Waals surface area contributed by atoms with Gasteiger partial charge < -0.3 is 9.64 Å². The zero-order chi connectivity index (χ0) is 14.9. The Morgan fingerprint density at radius 2 is 1.81 bits per heavy atom. The fourth-order valence-corrected chi connectivity index (χ4v) is 4.48. The molecule has 0 spiro atoms. The Morgan fingerprint density at radius 3 is 2.43 bits per heavy atom. The minimum Gasteiger partial charge on any atom is -0.378 e. The maximum Gasteiger partial charge on any atom is 0.244 e. The Bertz CT molecular complexity index is 611. The van der Waals surface area contributed by atoms with Crippen molar-refractivity contribution in [1.29, 1.82) is 0 Å². The van der Waals surface area contributed by atoms with Gasteiger partial charge in [-0.2, -0.15) is 4.31 Å². The smallest absolute Gasteiger partial charge is 0.244 e. The summed E-state index contributed by atoms with van der Waals surface area (Å²) in [6.07, 6.45) is 3.23. The average Bonchev–Trinajstić information content (AvgIpc) is 3.03. The largest absolute Gasteiger partial charge is 0.378 e. The molecule has 3 rings (SSSR count). The maximum atomic E-state index is 12.5. The number of nitrogens with zero attached hydrogens (tertiary/aromatic N) is 3. The molecule has 3 heterocycles. The molecule has 116 valence electrons. The van der Waals surface area contributed by atoms with Crippen LogP contribution in [0.3, 0.4) is 0 Å². The van der Waals surface area contributed by atoms with Crippen molar-refractivity contribution in [2.45, 2.75) is 17.7 Å². The van der Waals surface area contributed by atoms with Gasteiger partial charge in [-0.15, -0.1) is 0 Å². The normalized spacial score (nSPS) is 20.9. The molecule has 2 saturated heterocycles. The molecule has 2 aliphatic rings. The highest BCUT2D eigenvalue weighted by molar-refractivity contribution is 7.89. The molecule has 1 aromatic rings. The van der Waals surface area contributed by atoms with E-state index in [9.17, 15) is 8.42 Å². The van der Waals surface area contributed by atoms with Crippen LogP contribution >= 0.6 is 11.6 Å². The second-order valence-electron chi connectivity index (χ2n) is 5.19. The number of aromatic nitrogens is 1. The van der Waals surface area contributed by atoms with E-state index in [1.165, 1.54) is 16.6 Å². The lowest BCUT2D eigenvalue weighted by Crippen LogP contribution is -2.37. The van der Waals surface area contributed by atoms with Gasteiger partial charge in [0.05, 0.1) is 18.2 Å². The molecular weight excluding hydrogens is 314 g/mol. The Labute approximate surface area is 129 Å². The first-order valence-electron chi connectivity index (χ1n) is 7.07. The SMILES string of the molecule is O=S(=O)(c1cnc(N2CCOCC2)c(Cl)c1)N1CCCC1. The number of halogens is 1. The molecule has 0 bridgehead atoms. The molecule has 0 radical (unpaired) electrons. The fourth-order valence-electron chi connectivity index (χ4n) is 2.64. The molecule has 0 saturated carbocycles. The summed E-state index contributed by atoms with van der Waals surface area (Å²) in [6.45, 7) is 3.84. The first-order valence-corrected chi connectivity index (χ1v) is 8.89. The molecule has 0 N–H and O–H groups in total. The highest BCUT2D eigenvalue weighted by atomic mass is 35.5. The van der Waals surface area contributed by atoms with Crippen molar-refractivity contribution >= 4 is 27.4 Å². The van der Waals surface area contributed by atoms with Crippen LogP contribution in [0, 0.1) is 0 Å². The van der Waals surface area contributed by atoms with Crippen LogP contribution in [0.2, 0.25) is 5.02 Å². The summed E-state index contributed by atoms with van der Waals surface area (Å²) in [5.74, 6) is 0.625. The van der Waals surface area contributed by atoms with Gasteiger partial charge in [-0.1, -0.05) is 11.6 Å². The Balaban J connectivity index is 1.86. The zero-order valence-electron chi connectivity index (χ0n) is 11.7. The van der Waals surface area contributed by atoms with Crippen LogP contribution < -0.4 is 4.90 Å². The van der Waals surface area contributed by atoms with Crippen LogP contribution in [-0.4, -0.2) is 57.1 Å². The summed E-state index contributed by atoms with van der Waals surface area (Å²) >= 11 is 6.25. The van der Waals surface area contributed by atoms with E-state index in [4.69, 9.17) is 16.3 Å². The average molecular weight is 332 g/mol. The van der Waals surface area contributed by atoms with Crippen molar-refractivity contribution in [3.05, 3.63) is 17.3 Å². The van der Waals surface area contributed by atoms with Crippen LogP contribution in [-0.2, 0) is 14.8 Å². The Morgan fingerprint density at radius 1 is 1.14 bits per heavy atom. The predicted octanol–water partition coefficient (Wildman–Crippen LogP) is 1.36. The topological polar surface area (TPSA) is 62.7 Å². The molecule has 2 fully saturated rings. The fraction of sp³-hybridized carbons (Fsp3) is 0.615. The molecule has 0 amide bonds. The van der Waals surface area contributed by atoms with E-state index in [1.807, 2.05) is 4.90 Å². The van der Waals surface area contributed by atoms with E-state index in [2.05, 4.69) is 4.98 Å². The number of pyridine rings is 1. The van der Waals surface area contributed by atoms with Gasteiger partial charge in [-0.05, 0) is 18.9 Å². The highest BCUT2D eigenvalue weighted by Crippen LogP contribution is 2.28. The van der Waals surface area contributed by atoms with Crippen molar-refractivity contribution in [1.82, 2.24) is 9.29 Å². The quantitative estimate of drug-likeness (QED) is 0.836. The summed E-state index contributed by atoms with van der Waals surface area (Å²) in [5, 5.41) is 0.372. The van der Waals surface area contributed by atoms with Gasteiger partial charge in [0.15, 0.2) is 0 Å². The first-order chi connectivity index (χ1) is 10.1. The second kappa shape index (κ2) is 6.08. The van der Waals surface area contributed by atoms with Gasteiger partial charge in [-0.25, -0.2) is 13.4 Å². The van der Waals surface area contributed by atoms with Gasteiger partial charge in [-0.3, -0.25) is 0 Å². The first kappa shape index (κ1) is 15.0. The van der Waals surface area contributed by atoms with E-state index < -0.39 is 10.0 Å². The lowest BCUT2D eigenvalue weighted by molar-refractivity contribution is 0.122. The van der Waals surface area contributed by atoms with E-state index in [0.29, 0.717) is 50.2 Å². The van der Waals surface area contributed by atoms with Crippen molar-refractivity contribution in [3.8, 4) is 0 Å². The van der Waals surface area contributed by atoms with Crippen LogP contribution in [0.25, 0.3) is 0 Å². The molecule has 8 heteroatoms. The summed E-state index contributed by atoms with van der Waals surface area (Å²) < 4.78 is 31.7. The molecule has 0 atom stereocenters. The predicted molar refractivity (Wildman–Crippen MR) is 80.3 cm³/mol. The van der Waals surface area contributed by atoms with Gasteiger partial charge in [0.1, 0.15) is 10.7 Å². The minimum atomic E-state index is -3.47. The number of hydrogen-bond acceptors (Lipinski definition) is 5. The molecule has 6 nitrogen and oxygen atoms in total. The highest BCUT2D eigenvalue weighted by Gasteiger charge is 2.28. The lowest BCUT2D eigenvalue weighted by Gasteiger charge is -2.28.